The summed E-state index contributed by atoms with van der Waals surface area (Å²) in [4.78, 5) is 9.99. The van der Waals surface area contributed by atoms with E-state index in [4.69, 9.17) is 5.73 Å². The third-order valence-corrected chi connectivity index (χ3v) is 3.30. The number of para-hydroxylation sites is 1. The molecule has 94 valence electrons. The maximum atomic E-state index is 11.7. The predicted octanol–water partition coefficient (Wildman–Crippen LogP) is -0.234. The van der Waals surface area contributed by atoms with Crippen LogP contribution in [0.15, 0.2) is 29.2 Å². The van der Waals surface area contributed by atoms with E-state index in [-0.39, 0.29) is 23.8 Å². The minimum atomic E-state index is -3.82. The van der Waals surface area contributed by atoms with E-state index in [1.807, 2.05) is 0 Å². The van der Waals surface area contributed by atoms with Crippen LogP contribution in [0.3, 0.4) is 0 Å². The number of nitrogens with two attached hydrogens (primary N) is 1. The molecule has 1 aromatic rings. The summed E-state index contributed by atoms with van der Waals surface area (Å²) in [6.45, 7) is -0.304. The smallest absolute Gasteiger partial charge is 0.404 e. The number of carbonyl (C=O) groups excluding carboxylic acids is 1. The van der Waals surface area contributed by atoms with E-state index in [1.54, 1.807) is 0 Å². The molecular formula is C9H12N2O5S. The molecule has 0 aliphatic rings. The number of aromatic hydroxyl groups is 1. The number of rotatable bonds is 5. The quantitative estimate of drug-likeness (QED) is 0.631. The zero-order chi connectivity index (χ0) is 12.9. The fourth-order valence-corrected chi connectivity index (χ4v) is 2.20. The highest BCUT2D eigenvalue weighted by molar-refractivity contribution is 7.89. The van der Waals surface area contributed by atoms with E-state index in [0.717, 1.165) is 0 Å². The lowest BCUT2D eigenvalue weighted by atomic mass is 10.3. The number of phenolic OH excluding ortho intramolecular Hbond substituents is 1. The number of hydrogen-bond acceptors (Lipinski definition) is 5. The Morgan fingerprint density at radius 2 is 2.06 bits per heavy atom. The Hall–Kier alpha value is -1.80. The fraction of sp³-hybridized carbons (Fsp3) is 0.222. The van der Waals surface area contributed by atoms with Gasteiger partial charge in [0.05, 0.1) is 0 Å². The van der Waals surface area contributed by atoms with Crippen molar-refractivity contribution < 1.29 is 23.1 Å². The van der Waals surface area contributed by atoms with Crippen LogP contribution in [0.1, 0.15) is 0 Å². The average Bonchev–Trinajstić information content (AvgIpc) is 2.24. The van der Waals surface area contributed by atoms with Gasteiger partial charge < -0.3 is 15.6 Å². The van der Waals surface area contributed by atoms with Crippen LogP contribution < -0.4 is 10.5 Å². The topological polar surface area (TPSA) is 119 Å². The monoisotopic (exact) mass is 260 g/mol. The first-order valence-electron chi connectivity index (χ1n) is 4.63. The Morgan fingerprint density at radius 3 is 2.65 bits per heavy atom. The molecule has 0 saturated carbocycles. The molecule has 0 aromatic heterocycles. The maximum Gasteiger partial charge on any atom is 0.404 e. The van der Waals surface area contributed by atoms with Crippen molar-refractivity contribution in [3.05, 3.63) is 24.3 Å². The number of primary amides is 1. The summed E-state index contributed by atoms with van der Waals surface area (Å²) in [7, 11) is -3.82. The van der Waals surface area contributed by atoms with E-state index in [9.17, 15) is 18.3 Å². The number of amides is 1. The van der Waals surface area contributed by atoms with Gasteiger partial charge in [0.2, 0.25) is 10.0 Å². The van der Waals surface area contributed by atoms with Crippen LogP contribution in [0.2, 0.25) is 0 Å². The Balaban J connectivity index is 2.64. The molecule has 0 unspecified atom stereocenters. The van der Waals surface area contributed by atoms with E-state index < -0.39 is 16.1 Å². The molecule has 0 heterocycles. The molecule has 0 bridgehead atoms. The van der Waals surface area contributed by atoms with E-state index in [2.05, 4.69) is 9.46 Å². The van der Waals surface area contributed by atoms with Gasteiger partial charge >= 0.3 is 6.09 Å². The number of benzene rings is 1. The highest BCUT2D eigenvalue weighted by atomic mass is 32.2. The first-order valence-corrected chi connectivity index (χ1v) is 6.11. The number of nitrogens with one attached hydrogen (secondary N) is 1. The first kappa shape index (κ1) is 13.3. The van der Waals surface area contributed by atoms with Gasteiger partial charge in [-0.05, 0) is 12.1 Å². The predicted molar refractivity (Wildman–Crippen MR) is 58.8 cm³/mol. The normalized spacial score (nSPS) is 11.1. The van der Waals surface area contributed by atoms with Crippen molar-refractivity contribution in [3.63, 3.8) is 0 Å². The lowest BCUT2D eigenvalue weighted by Gasteiger charge is -2.07. The summed E-state index contributed by atoms with van der Waals surface area (Å²) in [5.74, 6) is -0.351. The Morgan fingerprint density at radius 1 is 1.41 bits per heavy atom. The second-order valence-corrected chi connectivity index (χ2v) is 4.77. The third-order valence-electron chi connectivity index (χ3n) is 1.79. The van der Waals surface area contributed by atoms with Gasteiger partial charge in [-0.25, -0.2) is 17.9 Å². The van der Waals surface area contributed by atoms with Crippen LogP contribution >= 0.6 is 0 Å². The highest BCUT2D eigenvalue weighted by Crippen LogP contribution is 2.20. The first-order chi connectivity index (χ1) is 7.93. The van der Waals surface area contributed by atoms with Crippen molar-refractivity contribution in [1.82, 2.24) is 4.72 Å². The molecule has 8 heteroatoms. The average molecular weight is 260 g/mol. The van der Waals surface area contributed by atoms with Crippen LogP contribution in [-0.4, -0.2) is 32.8 Å². The van der Waals surface area contributed by atoms with E-state index in [1.165, 1.54) is 24.3 Å². The lowest BCUT2D eigenvalue weighted by molar-refractivity contribution is 0.159. The van der Waals surface area contributed by atoms with Crippen molar-refractivity contribution >= 4 is 16.1 Å². The summed E-state index contributed by atoms with van der Waals surface area (Å²) in [5.41, 5.74) is 4.70. The lowest BCUT2D eigenvalue weighted by Crippen LogP contribution is -2.29. The van der Waals surface area contributed by atoms with E-state index in [0.29, 0.717) is 0 Å². The van der Waals surface area contributed by atoms with E-state index >= 15 is 0 Å². The molecular weight excluding hydrogens is 248 g/mol. The molecule has 0 fully saturated rings. The molecule has 17 heavy (non-hydrogen) atoms. The van der Waals surface area contributed by atoms with Crippen LogP contribution in [-0.2, 0) is 14.8 Å². The third kappa shape index (κ3) is 3.93. The van der Waals surface area contributed by atoms with Gasteiger partial charge in [0.25, 0.3) is 0 Å². The molecule has 1 aromatic carbocycles. The SMILES string of the molecule is NC(=O)OCCNS(=O)(=O)c1ccccc1O. The number of carbonyl (C=O) groups is 1. The van der Waals surface area contributed by atoms with Gasteiger partial charge in [-0.1, -0.05) is 12.1 Å². The van der Waals surface area contributed by atoms with Gasteiger partial charge in [-0.2, -0.15) is 0 Å². The van der Waals surface area contributed by atoms with Gasteiger partial charge in [0, 0.05) is 6.54 Å². The number of sulfonamides is 1. The highest BCUT2D eigenvalue weighted by Gasteiger charge is 2.17. The molecule has 7 nitrogen and oxygen atoms in total. The summed E-state index contributed by atoms with van der Waals surface area (Å²) < 4.78 is 29.8. The van der Waals surface area contributed by atoms with Crippen LogP contribution in [0.25, 0.3) is 0 Å². The zero-order valence-corrected chi connectivity index (χ0v) is 9.61. The minimum Gasteiger partial charge on any atom is -0.507 e. The summed E-state index contributed by atoms with van der Waals surface area (Å²) in [6.07, 6.45) is -0.980. The molecule has 1 amide bonds. The number of ether oxygens (including phenoxy) is 1. The Bertz CT molecular complexity index is 500. The van der Waals surface area contributed by atoms with Gasteiger partial charge in [0.15, 0.2) is 0 Å². The molecule has 1 rings (SSSR count). The Labute approximate surface area is 98.2 Å². The zero-order valence-electron chi connectivity index (χ0n) is 8.79. The molecule has 0 radical (unpaired) electrons. The second-order valence-electron chi connectivity index (χ2n) is 3.03. The number of hydrogen-bond donors (Lipinski definition) is 3. The maximum absolute atomic E-state index is 11.7. The largest absolute Gasteiger partial charge is 0.507 e. The minimum absolute atomic E-state index is 0.125. The Kier molecular flexibility index (Phi) is 4.30. The van der Waals surface area contributed by atoms with Crippen molar-refractivity contribution in [2.45, 2.75) is 4.90 Å². The van der Waals surface area contributed by atoms with Crippen molar-refractivity contribution in [2.75, 3.05) is 13.2 Å². The van der Waals surface area contributed by atoms with Gasteiger partial charge in [0.1, 0.15) is 17.3 Å². The van der Waals surface area contributed by atoms with Crippen LogP contribution in [0.5, 0.6) is 5.75 Å². The summed E-state index contributed by atoms with van der Waals surface area (Å²) in [5, 5.41) is 9.37. The molecule has 0 aliphatic heterocycles. The molecule has 0 aliphatic carbocycles. The number of phenols is 1. The van der Waals surface area contributed by atoms with Crippen molar-refractivity contribution in [1.29, 1.82) is 0 Å². The molecule has 0 atom stereocenters. The molecule has 0 saturated heterocycles. The molecule has 0 spiro atoms. The second kappa shape index (κ2) is 5.51. The van der Waals surface area contributed by atoms with Crippen LogP contribution in [0.4, 0.5) is 4.79 Å². The van der Waals surface area contributed by atoms with Gasteiger partial charge in [-0.15, -0.1) is 0 Å². The van der Waals surface area contributed by atoms with Crippen molar-refractivity contribution in [2.24, 2.45) is 5.73 Å². The standard InChI is InChI=1S/C9H12N2O5S/c10-9(13)16-6-5-11-17(14,15)8-4-2-1-3-7(8)12/h1-4,11-12H,5-6H2,(H2,10,13). The van der Waals surface area contributed by atoms with Gasteiger partial charge in [-0.3, -0.25) is 0 Å². The summed E-state index contributed by atoms with van der Waals surface area (Å²) in [6, 6.07) is 5.50. The van der Waals surface area contributed by atoms with Crippen LogP contribution in [0, 0.1) is 0 Å². The molecule has 4 N–H and O–H groups in total. The summed E-state index contributed by atoms with van der Waals surface area (Å²) >= 11 is 0. The fourth-order valence-electron chi connectivity index (χ4n) is 1.09. The van der Waals surface area contributed by atoms with Crippen molar-refractivity contribution in [3.8, 4) is 5.75 Å².